The van der Waals surface area contributed by atoms with Crippen LogP contribution in [-0.2, 0) is 13.6 Å². The zero-order valence-electron chi connectivity index (χ0n) is 8.57. The summed E-state index contributed by atoms with van der Waals surface area (Å²) in [6.45, 7) is 1.86. The fourth-order valence-corrected chi connectivity index (χ4v) is 2.18. The van der Waals surface area contributed by atoms with Crippen LogP contribution in [0.3, 0.4) is 0 Å². The zero-order valence-corrected chi connectivity index (χ0v) is 8.57. The first-order chi connectivity index (χ1) is 7.36. The summed E-state index contributed by atoms with van der Waals surface area (Å²) in [7, 11) is 1.98. The van der Waals surface area contributed by atoms with Crippen molar-refractivity contribution >= 4 is 0 Å². The van der Waals surface area contributed by atoms with E-state index in [0.717, 1.165) is 13.1 Å². The molecule has 15 heavy (non-hydrogen) atoms. The molecule has 0 aliphatic carbocycles. The summed E-state index contributed by atoms with van der Waals surface area (Å²) in [5, 5.41) is 14.6. The number of hydrogen-bond donors (Lipinski definition) is 2. The van der Waals surface area contributed by atoms with Gasteiger partial charge in [-0.2, -0.15) is 10.2 Å². The first-order valence-electron chi connectivity index (χ1n) is 5.06. The molecule has 2 aromatic heterocycles. The van der Waals surface area contributed by atoms with E-state index >= 15 is 0 Å². The molecular formula is C10H13N5. The van der Waals surface area contributed by atoms with Gasteiger partial charge in [-0.1, -0.05) is 0 Å². The zero-order chi connectivity index (χ0) is 10.3. The van der Waals surface area contributed by atoms with Crippen molar-refractivity contribution in [1.82, 2.24) is 25.3 Å². The smallest absolute Gasteiger partial charge is 0.0557 e. The molecule has 3 heterocycles. The molecule has 0 amide bonds. The molecule has 2 N–H and O–H groups in total. The maximum Gasteiger partial charge on any atom is 0.0557 e. The lowest BCUT2D eigenvalue weighted by atomic mass is 9.91. The molecule has 0 saturated heterocycles. The number of aromatic nitrogens is 4. The van der Waals surface area contributed by atoms with Gasteiger partial charge in [0.15, 0.2) is 0 Å². The molecule has 3 rings (SSSR count). The Bertz CT molecular complexity index is 456. The van der Waals surface area contributed by atoms with Gasteiger partial charge in [0.2, 0.25) is 0 Å². The van der Waals surface area contributed by atoms with Crippen molar-refractivity contribution in [3.05, 3.63) is 35.4 Å². The number of nitrogens with zero attached hydrogens (tertiary/aromatic N) is 3. The van der Waals surface area contributed by atoms with Gasteiger partial charge in [0.05, 0.1) is 18.1 Å². The van der Waals surface area contributed by atoms with Crippen molar-refractivity contribution in [2.75, 3.05) is 6.54 Å². The van der Waals surface area contributed by atoms with E-state index in [0.29, 0.717) is 5.92 Å². The van der Waals surface area contributed by atoms with Crippen LogP contribution in [0.5, 0.6) is 0 Å². The first-order valence-corrected chi connectivity index (χ1v) is 5.06. The standard InChI is InChI=1S/C10H13N5/c1-15-10-6-11-4-8(9(10)5-14-15)7-2-12-13-3-7/h2-3,5,8,11H,4,6H2,1H3,(H,12,13). The molecule has 0 spiro atoms. The lowest BCUT2D eigenvalue weighted by Crippen LogP contribution is -2.29. The maximum atomic E-state index is 4.30. The third-order valence-corrected chi connectivity index (χ3v) is 3.03. The van der Waals surface area contributed by atoms with E-state index in [-0.39, 0.29) is 0 Å². The van der Waals surface area contributed by atoms with Crippen LogP contribution in [0, 0.1) is 0 Å². The lowest BCUT2D eigenvalue weighted by Gasteiger charge is -2.22. The summed E-state index contributed by atoms with van der Waals surface area (Å²) in [6, 6.07) is 0. The molecular weight excluding hydrogens is 190 g/mol. The first kappa shape index (κ1) is 8.67. The fraction of sp³-hybridized carbons (Fsp3) is 0.400. The number of hydrogen-bond acceptors (Lipinski definition) is 3. The minimum Gasteiger partial charge on any atom is -0.310 e. The molecule has 5 heteroatoms. The van der Waals surface area contributed by atoms with E-state index in [1.54, 1.807) is 0 Å². The SMILES string of the molecule is Cn1ncc2c1CNCC2c1cn[nH]c1. The van der Waals surface area contributed by atoms with Crippen LogP contribution in [0.15, 0.2) is 18.6 Å². The van der Waals surface area contributed by atoms with E-state index in [4.69, 9.17) is 0 Å². The van der Waals surface area contributed by atoms with Gasteiger partial charge in [-0.25, -0.2) is 0 Å². The molecule has 0 bridgehead atoms. The van der Waals surface area contributed by atoms with Gasteiger partial charge in [0.25, 0.3) is 0 Å². The van der Waals surface area contributed by atoms with Crippen LogP contribution in [0.4, 0.5) is 0 Å². The summed E-state index contributed by atoms with van der Waals surface area (Å²) in [6.07, 6.45) is 5.80. The molecule has 2 aromatic rings. The molecule has 1 unspecified atom stereocenters. The Morgan fingerprint density at radius 1 is 1.47 bits per heavy atom. The van der Waals surface area contributed by atoms with Crippen LogP contribution in [0.2, 0.25) is 0 Å². The second-order valence-corrected chi connectivity index (χ2v) is 3.89. The van der Waals surface area contributed by atoms with Crippen LogP contribution >= 0.6 is 0 Å². The van der Waals surface area contributed by atoms with E-state index in [2.05, 4.69) is 20.6 Å². The predicted molar refractivity (Wildman–Crippen MR) is 55.3 cm³/mol. The van der Waals surface area contributed by atoms with Crippen molar-refractivity contribution in [3.8, 4) is 0 Å². The lowest BCUT2D eigenvalue weighted by molar-refractivity contribution is 0.558. The van der Waals surface area contributed by atoms with Crippen LogP contribution in [0.1, 0.15) is 22.7 Å². The Kier molecular flexibility index (Phi) is 1.85. The number of fused-ring (bicyclic) bond motifs is 1. The van der Waals surface area contributed by atoms with E-state index in [9.17, 15) is 0 Å². The van der Waals surface area contributed by atoms with E-state index in [1.165, 1.54) is 16.8 Å². The predicted octanol–water partition coefficient (Wildman–Crippen LogP) is 0.378. The Labute approximate surface area is 87.5 Å². The van der Waals surface area contributed by atoms with Crippen molar-refractivity contribution in [2.24, 2.45) is 7.05 Å². The van der Waals surface area contributed by atoms with Crippen LogP contribution in [-0.4, -0.2) is 26.5 Å². The average molecular weight is 203 g/mol. The van der Waals surface area contributed by atoms with E-state index in [1.807, 2.05) is 30.3 Å². The molecule has 1 atom stereocenters. The highest BCUT2D eigenvalue weighted by atomic mass is 15.3. The van der Waals surface area contributed by atoms with Crippen LogP contribution < -0.4 is 5.32 Å². The minimum atomic E-state index is 0.376. The van der Waals surface area contributed by atoms with Crippen molar-refractivity contribution in [2.45, 2.75) is 12.5 Å². The van der Waals surface area contributed by atoms with Crippen molar-refractivity contribution in [3.63, 3.8) is 0 Å². The number of H-pyrrole nitrogens is 1. The Balaban J connectivity index is 2.07. The molecule has 0 fully saturated rings. The van der Waals surface area contributed by atoms with Gasteiger partial charge in [-0.15, -0.1) is 0 Å². The third kappa shape index (κ3) is 1.27. The Morgan fingerprint density at radius 3 is 3.20 bits per heavy atom. The molecule has 1 aliphatic rings. The van der Waals surface area contributed by atoms with Gasteiger partial charge in [-0.05, 0) is 5.56 Å². The summed E-state index contributed by atoms with van der Waals surface area (Å²) in [5.74, 6) is 0.376. The summed E-state index contributed by atoms with van der Waals surface area (Å²) in [4.78, 5) is 0. The number of aryl methyl sites for hydroxylation is 1. The highest BCUT2D eigenvalue weighted by Gasteiger charge is 2.24. The Hall–Kier alpha value is -1.62. The monoisotopic (exact) mass is 203 g/mol. The second kappa shape index (κ2) is 3.20. The maximum absolute atomic E-state index is 4.30. The largest absolute Gasteiger partial charge is 0.310 e. The quantitative estimate of drug-likeness (QED) is 0.704. The third-order valence-electron chi connectivity index (χ3n) is 3.03. The minimum absolute atomic E-state index is 0.376. The topological polar surface area (TPSA) is 58.5 Å². The van der Waals surface area contributed by atoms with Gasteiger partial charge >= 0.3 is 0 Å². The second-order valence-electron chi connectivity index (χ2n) is 3.89. The van der Waals surface area contributed by atoms with Crippen molar-refractivity contribution in [1.29, 1.82) is 0 Å². The summed E-state index contributed by atoms with van der Waals surface area (Å²) >= 11 is 0. The fourth-order valence-electron chi connectivity index (χ4n) is 2.18. The average Bonchev–Trinajstić information content (AvgIpc) is 2.88. The number of nitrogens with one attached hydrogen (secondary N) is 2. The van der Waals surface area contributed by atoms with Crippen molar-refractivity contribution < 1.29 is 0 Å². The molecule has 0 aromatic carbocycles. The van der Waals surface area contributed by atoms with Gasteiger partial charge in [-0.3, -0.25) is 9.78 Å². The highest BCUT2D eigenvalue weighted by molar-refractivity contribution is 5.34. The normalized spacial score (nSPS) is 20.2. The van der Waals surface area contributed by atoms with Gasteiger partial charge in [0.1, 0.15) is 0 Å². The highest BCUT2D eigenvalue weighted by Crippen LogP contribution is 2.28. The molecule has 0 saturated carbocycles. The molecule has 0 radical (unpaired) electrons. The summed E-state index contributed by atoms with van der Waals surface area (Å²) < 4.78 is 1.94. The summed E-state index contributed by atoms with van der Waals surface area (Å²) in [5.41, 5.74) is 3.81. The van der Waals surface area contributed by atoms with Crippen LogP contribution in [0.25, 0.3) is 0 Å². The molecule has 78 valence electrons. The Morgan fingerprint density at radius 2 is 2.40 bits per heavy atom. The van der Waals surface area contributed by atoms with E-state index < -0.39 is 0 Å². The molecule has 5 nitrogen and oxygen atoms in total. The number of rotatable bonds is 1. The molecule has 1 aliphatic heterocycles. The number of aromatic amines is 1. The van der Waals surface area contributed by atoms with Gasteiger partial charge < -0.3 is 5.32 Å². The van der Waals surface area contributed by atoms with Gasteiger partial charge in [0, 0.05) is 37.8 Å².